The lowest BCUT2D eigenvalue weighted by atomic mass is 10.2. The van der Waals surface area contributed by atoms with Gasteiger partial charge in [-0.2, -0.15) is 5.10 Å². The Morgan fingerprint density at radius 1 is 1.26 bits per heavy atom. The first kappa shape index (κ1) is 16.8. The predicted octanol–water partition coefficient (Wildman–Crippen LogP) is 3.19. The van der Waals surface area contributed by atoms with Crippen molar-refractivity contribution in [2.24, 2.45) is 5.10 Å². The van der Waals surface area contributed by atoms with Crippen LogP contribution in [-0.4, -0.2) is 25.8 Å². The molecule has 1 N–H and O–H groups in total. The first-order valence-electron chi connectivity index (χ1n) is 6.93. The quantitative estimate of drug-likeness (QED) is 0.653. The number of hydrazone groups is 1. The van der Waals surface area contributed by atoms with Gasteiger partial charge in [-0.05, 0) is 60.5 Å². The van der Waals surface area contributed by atoms with Crippen LogP contribution in [0.1, 0.15) is 11.1 Å². The fraction of sp³-hybridized carbons (Fsp3) is 0.176. The van der Waals surface area contributed by atoms with E-state index in [1.165, 1.54) is 0 Å². The first-order valence-corrected chi connectivity index (χ1v) is 7.31. The summed E-state index contributed by atoms with van der Waals surface area (Å²) >= 11 is 5.86. The average Bonchev–Trinajstić information content (AvgIpc) is 2.54. The molecule has 120 valence electrons. The van der Waals surface area contributed by atoms with E-state index in [-0.39, 0.29) is 12.5 Å². The second-order valence-electron chi connectivity index (χ2n) is 4.76. The zero-order valence-corrected chi connectivity index (χ0v) is 13.6. The molecule has 0 atom stereocenters. The SMILES string of the molecule is COc1ccc(/C=N/NC(=O)COc2ccc(Cl)cc2C)cc1. The van der Waals surface area contributed by atoms with E-state index < -0.39 is 0 Å². The Bertz CT molecular complexity index is 699. The van der Waals surface area contributed by atoms with Gasteiger partial charge in [-0.3, -0.25) is 4.79 Å². The molecule has 0 fully saturated rings. The number of hydrogen-bond acceptors (Lipinski definition) is 4. The third-order valence-electron chi connectivity index (χ3n) is 3.01. The highest BCUT2D eigenvalue weighted by Gasteiger charge is 2.04. The molecule has 0 heterocycles. The molecular weight excluding hydrogens is 316 g/mol. The molecule has 2 rings (SSSR count). The van der Waals surface area contributed by atoms with Gasteiger partial charge in [0.25, 0.3) is 5.91 Å². The van der Waals surface area contributed by atoms with Crippen LogP contribution in [0.3, 0.4) is 0 Å². The number of amides is 1. The van der Waals surface area contributed by atoms with E-state index in [4.69, 9.17) is 21.1 Å². The molecular formula is C17H17ClN2O3. The average molecular weight is 333 g/mol. The summed E-state index contributed by atoms with van der Waals surface area (Å²) in [7, 11) is 1.60. The van der Waals surface area contributed by atoms with E-state index in [1.54, 1.807) is 31.5 Å². The van der Waals surface area contributed by atoms with Crippen LogP contribution in [0.25, 0.3) is 0 Å². The molecule has 23 heavy (non-hydrogen) atoms. The minimum atomic E-state index is -0.343. The standard InChI is InChI=1S/C17H17ClN2O3/c1-12-9-14(18)5-8-16(12)23-11-17(21)20-19-10-13-3-6-15(22-2)7-4-13/h3-10H,11H2,1-2H3,(H,20,21)/b19-10+. The molecule has 0 aliphatic rings. The number of benzene rings is 2. The minimum absolute atomic E-state index is 0.123. The Hall–Kier alpha value is -2.53. The van der Waals surface area contributed by atoms with Crippen LogP contribution in [0.4, 0.5) is 0 Å². The number of rotatable bonds is 6. The Morgan fingerprint density at radius 3 is 2.65 bits per heavy atom. The van der Waals surface area contributed by atoms with Crippen LogP contribution in [0.15, 0.2) is 47.6 Å². The Labute approximate surface area is 139 Å². The van der Waals surface area contributed by atoms with Crippen molar-refractivity contribution < 1.29 is 14.3 Å². The van der Waals surface area contributed by atoms with Crippen LogP contribution >= 0.6 is 11.6 Å². The predicted molar refractivity (Wildman–Crippen MR) is 90.4 cm³/mol. The van der Waals surface area contributed by atoms with Crippen molar-refractivity contribution in [1.82, 2.24) is 5.43 Å². The summed E-state index contributed by atoms with van der Waals surface area (Å²) in [5, 5.41) is 4.51. The summed E-state index contributed by atoms with van der Waals surface area (Å²) in [5.41, 5.74) is 4.12. The molecule has 1 amide bonds. The number of nitrogens with zero attached hydrogens (tertiary/aromatic N) is 1. The number of carbonyl (C=O) groups excluding carboxylic acids is 1. The van der Waals surface area contributed by atoms with Crippen molar-refractivity contribution in [3.63, 3.8) is 0 Å². The van der Waals surface area contributed by atoms with Gasteiger partial charge >= 0.3 is 0 Å². The molecule has 0 bridgehead atoms. The molecule has 2 aromatic rings. The van der Waals surface area contributed by atoms with Gasteiger partial charge in [-0.25, -0.2) is 5.43 Å². The van der Waals surface area contributed by atoms with Gasteiger partial charge in [-0.1, -0.05) is 11.6 Å². The van der Waals surface area contributed by atoms with Crippen molar-refractivity contribution in [2.45, 2.75) is 6.92 Å². The Morgan fingerprint density at radius 2 is 2.00 bits per heavy atom. The molecule has 0 unspecified atom stereocenters. The van der Waals surface area contributed by atoms with Crippen LogP contribution in [-0.2, 0) is 4.79 Å². The van der Waals surface area contributed by atoms with Crippen LogP contribution < -0.4 is 14.9 Å². The fourth-order valence-corrected chi connectivity index (χ4v) is 2.05. The molecule has 2 aromatic carbocycles. The zero-order valence-electron chi connectivity index (χ0n) is 12.9. The normalized spacial score (nSPS) is 10.6. The fourth-order valence-electron chi connectivity index (χ4n) is 1.82. The lowest BCUT2D eigenvalue weighted by Crippen LogP contribution is -2.24. The largest absolute Gasteiger partial charge is 0.497 e. The smallest absolute Gasteiger partial charge is 0.277 e. The van der Waals surface area contributed by atoms with Crippen LogP contribution in [0, 0.1) is 6.92 Å². The summed E-state index contributed by atoms with van der Waals surface area (Å²) in [6, 6.07) is 12.5. The van der Waals surface area contributed by atoms with Gasteiger partial charge in [0.1, 0.15) is 11.5 Å². The number of carbonyl (C=O) groups is 1. The third-order valence-corrected chi connectivity index (χ3v) is 3.25. The Balaban J connectivity index is 1.81. The van der Waals surface area contributed by atoms with E-state index >= 15 is 0 Å². The Kier molecular flexibility index (Phi) is 6.00. The highest BCUT2D eigenvalue weighted by atomic mass is 35.5. The second kappa shape index (κ2) is 8.19. The van der Waals surface area contributed by atoms with E-state index in [9.17, 15) is 4.79 Å². The minimum Gasteiger partial charge on any atom is -0.497 e. The highest BCUT2D eigenvalue weighted by Crippen LogP contribution is 2.21. The molecule has 0 radical (unpaired) electrons. The number of aryl methyl sites for hydroxylation is 1. The van der Waals surface area contributed by atoms with E-state index in [0.29, 0.717) is 10.8 Å². The summed E-state index contributed by atoms with van der Waals surface area (Å²) in [5.74, 6) is 1.03. The van der Waals surface area contributed by atoms with Crippen LogP contribution in [0.2, 0.25) is 5.02 Å². The summed E-state index contributed by atoms with van der Waals surface area (Å²) in [6.45, 7) is 1.74. The van der Waals surface area contributed by atoms with Crippen molar-refractivity contribution in [2.75, 3.05) is 13.7 Å². The number of methoxy groups -OCH3 is 1. The lowest BCUT2D eigenvalue weighted by Gasteiger charge is -2.08. The first-order chi connectivity index (χ1) is 11.1. The summed E-state index contributed by atoms with van der Waals surface area (Å²) < 4.78 is 10.5. The van der Waals surface area contributed by atoms with Crippen molar-refractivity contribution in [3.05, 3.63) is 58.6 Å². The molecule has 0 saturated carbocycles. The van der Waals surface area contributed by atoms with Crippen molar-refractivity contribution >= 4 is 23.7 Å². The van der Waals surface area contributed by atoms with E-state index in [1.807, 2.05) is 31.2 Å². The topological polar surface area (TPSA) is 59.9 Å². The van der Waals surface area contributed by atoms with E-state index in [2.05, 4.69) is 10.5 Å². The number of halogens is 1. The molecule has 5 nitrogen and oxygen atoms in total. The molecule has 0 aliphatic heterocycles. The number of ether oxygens (including phenoxy) is 2. The maximum atomic E-state index is 11.7. The van der Waals surface area contributed by atoms with E-state index in [0.717, 1.165) is 16.9 Å². The third kappa shape index (κ3) is 5.30. The van der Waals surface area contributed by atoms with Gasteiger partial charge in [0, 0.05) is 5.02 Å². The highest BCUT2D eigenvalue weighted by molar-refractivity contribution is 6.30. The second-order valence-corrected chi connectivity index (χ2v) is 5.20. The summed E-state index contributed by atoms with van der Waals surface area (Å²) in [4.78, 5) is 11.7. The monoisotopic (exact) mass is 332 g/mol. The molecule has 0 aromatic heterocycles. The molecule has 0 saturated heterocycles. The van der Waals surface area contributed by atoms with Gasteiger partial charge < -0.3 is 9.47 Å². The number of nitrogens with one attached hydrogen (secondary N) is 1. The molecule has 0 spiro atoms. The zero-order chi connectivity index (χ0) is 16.7. The lowest BCUT2D eigenvalue weighted by molar-refractivity contribution is -0.123. The maximum Gasteiger partial charge on any atom is 0.277 e. The van der Waals surface area contributed by atoms with Crippen molar-refractivity contribution in [1.29, 1.82) is 0 Å². The maximum absolute atomic E-state index is 11.7. The number of hydrogen-bond donors (Lipinski definition) is 1. The van der Waals surface area contributed by atoms with Crippen molar-refractivity contribution in [3.8, 4) is 11.5 Å². The van der Waals surface area contributed by atoms with Crippen LogP contribution in [0.5, 0.6) is 11.5 Å². The van der Waals surface area contributed by atoms with Gasteiger partial charge in [0.2, 0.25) is 0 Å². The molecule has 6 heteroatoms. The van der Waals surface area contributed by atoms with Gasteiger partial charge in [-0.15, -0.1) is 0 Å². The van der Waals surface area contributed by atoms with Gasteiger partial charge in [0.05, 0.1) is 13.3 Å². The molecule has 0 aliphatic carbocycles. The van der Waals surface area contributed by atoms with Gasteiger partial charge in [0.15, 0.2) is 6.61 Å². The summed E-state index contributed by atoms with van der Waals surface area (Å²) in [6.07, 6.45) is 1.55.